The molecule has 5 heteroatoms. The second-order valence-corrected chi connectivity index (χ2v) is 3.06. The van der Waals surface area contributed by atoms with Crippen molar-refractivity contribution in [2.24, 2.45) is 0 Å². The molecule has 0 spiro atoms. The molecule has 1 aromatic heterocycles. The summed E-state index contributed by atoms with van der Waals surface area (Å²) in [6.45, 7) is 1.93. The predicted molar refractivity (Wildman–Crippen MR) is 55.4 cm³/mol. The number of nitrogens with two attached hydrogens (primary N) is 2. The topological polar surface area (TPSA) is 93.6 Å². The first-order valence-corrected chi connectivity index (χ1v) is 4.22. The number of hydrogen-bond acceptors (Lipinski definition) is 4. The van der Waals surface area contributed by atoms with Crippen LogP contribution in [0.2, 0.25) is 0 Å². The highest BCUT2D eigenvalue weighted by Crippen LogP contribution is 2.23. The Hall–Kier alpha value is -2.04. The normalized spacial score (nSPS) is 10.4. The van der Waals surface area contributed by atoms with Crippen LogP contribution in [0.5, 0.6) is 0 Å². The molecule has 0 aliphatic heterocycles. The van der Waals surface area contributed by atoms with Crippen molar-refractivity contribution in [3.05, 3.63) is 23.8 Å². The van der Waals surface area contributed by atoms with Crippen molar-refractivity contribution < 1.29 is 0 Å². The minimum absolute atomic E-state index is 0.238. The van der Waals surface area contributed by atoms with E-state index in [1.54, 1.807) is 0 Å². The van der Waals surface area contributed by atoms with Crippen LogP contribution in [0.25, 0.3) is 11.4 Å². The first-order valence-electron chi connectivity index (χ1n) is 4.22. The van der Waals surface area contributed by atoms with Crippen LogP contribution in [0.4, 0.5) is 11.6 Å². The lowest BCUT2D eigenvalue weighted by Gasteiger charge is -2.04. The average molecular weight is 189 g/mol. The number of rotatable bonds is 1. The molecule has 0 radical (unpaired) electrons. The molecule has 0 unspecified atom stereocenters. The fraction of sp³-hybridized carbons (Fsp3) is 0.111. The van der Waals surface area contributed by atoms with E-state index < -0.39 is 0 Å². The second kappa shape index (κ2) is 3.02. The lowest BCUT2D eigenvalue weighted by atomic mass is 10.1. The van der Waals surface area contributed by atoms with Gasteiger partial charge >= 0.3 is 0 Å². The van der Waals surface area contributed by atoms with E-state index >= 15 is 0 Å². The number of benzene rings is 1. The van der Waals surface area contributed by atoms with Gasteiger partial charge in [-0.05, 0) is 18.6 Å². The smallest absolute Gasteiger partial charge is 0.239 e. The van der Waals surface area contributed by atoms with Crippen LogP contribution in [-0.2, 0) is 0 Å². The number of aromatic nitrogens is 3. The van der Waals surface area contributed by atoms with Gasteiger partial charge in [-0.2, -0.15) is 4.98 Å². The molecule has 2 rings (SSSR count). The van der Waals surface area contributed by atoms with Gasteiger partial charge in [-0.1, -0.05) is 12.1 Å². The van der Waals surface area contributed by atoms with Gasteiger partial charge in [0.25, 0.3) is 0 Å². The summed E-state index contributed by atoms with van der Waals surface area (Å²) in [5.74, 6) is 0.883. The highest BCUT2D eigenvalue weighted by Gasteiger charge is 2.07. The van der Waals surface area contributed by atoms with Crippen LogP contribution in [0.3, 0.4) is 0 Å². The van der Waals surface area contributed by atoms with Crippen molar-refractivity contribution >= 4 is 11.6 Å². The summed E-state index contributed by atoms with van der Waals surface area (Å²) < 4.78 is 0. The Morgan fingerprint density at radius 2 is 2.07 bits per heavy atom. The third kappa shape index (κ3) is 1.28. The van der Waals surface area contributed by atoms with E-state index in [4.69, 9.17) is 11.5 Å². The SMILES string of the molecule is Cc1c(N)cccc1-c1nc(N)n[nH]1. The molecule has 1 aromatic carbocycles. The molecule has 0 aliphatic carbocycles. The Kier molecular flexibility index (Phi) is 1.85. The first-order chi connectivity index (χ1) is 6.68. The van der Waals surface area contributed by atoms with Gasteiger partial charge in [-0.15, -0.1) is 5.10 Å². The third-order valence-electron chi connectivity index (χ3n) is 2.13. The molecule has 14 heavy (non-hydrogen) atoms. The lowest BCUT2D eigenvalue weighted by molar-refractivity contribution is 1.10. The molecule has 0 bridgehead atoms. The molecular weight excluding hydrogens is 178 g/mol. The molecular formula is C9H11N5. The lowest BCUT2D eigenvalue weighted by Crippen LogP contribution is -1.93. The fourth-order valence-electron chi connectivity index (χ4n) is 1.31. The third-order valence-corrected chi connectivity index (χ3v) is 2.13. The summed E-state index contributed by atoms with van der Waals surface area (Å²) in [7, 11) is 0. The molecule has 0 saturated heterocycles. The van der Waals surface area contributed by atoms with Crippen LogP contribution in [0.1, 0.15) is 5.56 Å². The van der Waals surface area contributed by atoms with Crippen molar-refractivity contribution in [3.63, 3.8) is 0 Å². The van der Waals surface area contributed by atoms with Gasteiger partial charge in [0.05, 0.1) is 0 Å². The summed E-state index contributed by atoms with van der Waals surface area (Å²) >= 11 is 0. The van der Waals surface area contributed by atoms with E-state index in [-0.39, 0.29) is 5.95 Å². The number of H-pyrrole nitrogens is 1. The summed E-state index contributed by atoms with van der Waals surface area (Å²) in [6, 6.07) is 5.64. The minimum atomic E-state index is 0.238. The van der Waals surface area contributed by atoms with Gasteiger partial charge in [0.1, 0.15) is 0 Å². The highest BCUT2D eigenvalue weighted by molar-refractivity contribution is 5.68. The van der Waals surface area contributed by atoms with Crippen LogP contribution in [0.15, 0.2) is 18.2 Å². The number of aromatic amines is 1. The Bertz CT molecular complexity index is 460. The van der Waals surface area contributed by atoms with E-state index in [1.165, 1.54) is 0 Å². The van der Waals surface area contributed by atoms with E-state index in [9.17, 15) is 0 Å². The Morgan fingerprint density at radius 1 is 1.29 bits per heavy atom. The van der Waals surface area contributed by atoms with Gasteiger partial charge in [0.2, 0.25) is 5.95 Å². The van der Waals surface area contributed by atoms with E-state index in [0.29, 0.717) is 5.82 Å². The van der Waals surface area contributed by atoms with Gasteiger partial charge in [0, 0.05) is 11.3 Å². The minimum Gasteiger partial charge on any atom is -0.398 e. The van der Waals surface area contributed by atoms with Crippen molar-refractivity contribution in [2.45, 2.75) is 6.92 Å². The molecule has 2 aromatic rings. The zero-order chi connectivity index (χ0) is 10.1. The van der Waals surface area contributed by atoms with Crippen molar-refractivity contribution in [1.29, 1.82) is 0 Å². The van der Waals surface area contributed by atoms with Gasteiger partial charge < -0.3 is 11.5 Å². The zero-order valence-electron chi connectivity index (χ0n) is 7.78. The van der Waals surface area contributed by atoms with Crippen LogP contribution < -0.4 is 11.5 Å². The maximum Gasteiger partial charge on any atom is 0.239 e. The Labute approximate surface area is 81.2 Å². The number of anilines is 2. The monoisotopic (exact) mass is 189 g/mol. The molecule has 0 atom stereocenters. The average Bonchev–Trinajstić information content (AvgIpc) is 2.57. The van der Waals surface area contributed by atoms with Crippen molar-refractivity contribution in [2.75, 3.05) is 11.5 Å². The molecule has 0 amide bonds. The maximum absolute atomic E-state index is 5.77. The quantitative estimate of drug-likeness (QED) is 0.582. The van der Waals surface area contributed by atoms with E-state index in [0.717, 1.165) is 16.8 Å². The molecule has 0 aliphatic rings. The highest BCUT2D eigenvalue weighted by atomic mass is 15.3. The number of nitrogens with one attached hydrogen (secondary N) is 1. The summed E-state index contributed by atoms with van der Waals surface area (Å²) in [6.07, 6.45) is 0. The van der Waals surface area contributed by atoms with Gasteiger partial charge in [-0.25, -0.2) is 0 Å². The summed E-state index contributed by atoms with van der Waals surface area (Å²) in [5, 5.41) is 6.51. The zero-order valence-corrected chi connectivity index (χ0v) is 7.78. The maximum atomic E-state index is 5.77. The molecule has 72 valence electrons. The fourth-order valence-corrected chi connectivity index (χ4v) is 1.31. The van der Waals surface area contributed by atoms with E-state index in [1.807, 2.05) is 25.1 Å². The Morgan fingerprint density at radius 3 is 2.71 bits per heavy atom. The number of hydrogen-bond donors (Lipinski definition) is 3. The number of nitrogen functional groups attached to an aromatic ring is 2. The second-order valence-electron chi connectivity index (χ2n) is 3.06. The molecule has 5 nitrogen and oxygen atoms in total. The predicted octanol–water partition coefficient (Wildman–Crippen LogP) is 0.945. The van der Waals surface area contributed by atoms with Gasteiger partial charge in [0.15, 0.2) is 5.82 Å². The molecule has 0 saturated carbocycles. The largest absolute Gasteiger partial charge is 0.398 e. The van der Waals surface area contributed by atoms with Crippen LogP contribution in [-0.4, -0.2) is 15.2 Å². The van der Waals surface area contributed by atoms with Crippen LogP contribution in [0, 0.1) is 6.92 Å². The van der Waals surface area contributed by atoms with E-state index in [2.05, 4.69) is 15.2 Å². The standard InChI is InChI=1S/C9H11N5/c1-5-6(3-2-4-7(5)10)8-12-9(11)14-13-8/h2-4H,10H2,1H3,(H3,11,12,13,14). The van der Waals surface area contributed by atoms with Gasteiger partial charge in [-0.3, -0.25) is 5.10 Å². The summed E-state index contributed by atoms with van der Waals surface area (Å²) in [4.78, 5) is 4.04. The first kappa shape index (κ1) is 8.55. The number of nitrogens with zero attached hydrogens (tertiary/aromatic N) is 2. The molecule has 5 N–H and O–H groups in total. The van der Waals surface area contributed by atoms with Crippen molar-refractivity contribution in [3.8, 4) is 11.4 Å². The molecule has 0 fully saturated rings. The molecule has 1 heterocycles. The van der Waals surface area contributed by atoms with Crippen molar-refractivity contribution in [1.82, 2.24) is 15.2 Å². The summed E-state index contributed by atoms with van der Waals surface area (Å²) in [5.41, 5.74) is 13.8. The Balaban J connectivity index is 2.57. The van der Waals surface area contributed by atoms with Crippen LogP contribution >= 0.6 is 0 Å².